The van der Waals surface area contributed by atoms with Crippen LogP contribution in [0.2, 0.25) is 10.0 Å². The summed E-state index contributed by atoms with van der Waals surface area (Å²) in [5.41, 5.74) is 1.92. The predicted octanol–water partition coefficient (Wildman–Crippen LogP) is 4.06. The first-order valence-corrected chi connectivity index (χ1v) is 8.35. The minimum atomic E-state index is -0.770. The van der Waals surface area contributed by atoms with Crippen molar-refractivity contribution < 1.29 is 10.2 Å². The van der Waals surface area contributed by atoms with Crippen LogP contribution in [0.4, 0.5) is 0 Å². The van der Waals surface area contributed by atoms with Crippen LogP contribution in [0.5, 0.6) is 5.75 Å². The van der Waals surface area contributed by atoms with Gasteiger partial charge < -0.3 is 10.2 Å². The molecule has 2 unspecified atom stereocenters. The van der Waals surface area contributed by atoms with Crippen molar-refractivity contribution in [1.29, 1.82) is 0 Å². The van der Waals surface area contributed by atoms with Crippen molar-refractivity contribution in [3.8, 4) is 17.1 Å². The van der Waals surface area contributed by atoms with Crippen molar-refractivity contribution in [2.75, 3.05) is 0 Å². The number of phenolic OH excluding ortho intramolecular Hbond substituents is 1. The molecule has 5 nitrogen and oxygen atoms in total. The van der Waals surface area contributed by atoms with Gasteiger partial charge >= 0.3 is 0 Å². The maximum Gasteiger partial charge on any atom is 0.148 e. The Bertz CT molecular complexity index is 1030. The number of hydrogen-bond acceptors (Lipinski definition) is 4. The van der Waals surface area contributed by atoms with E-state index in [1.165, 1.54) is 12.3 Å². The minimum absolute atomic E-state index is 0.0883. The number of aromatic nitrogens is 2. The van der Waals surface area contributed by atoms with E-state index in [9.17, 15) is 10.2 Å². The van der Waals surface area contributed by atoms with Crippen LogP contribution in [0.3, 0.4) is 0 Å². The molecule has 126 valence electrons. The molecule has 0 saturated heterocycles. The Morgan fingerprint density at radius 2 is 2.00 bits per heavy atom. The van der Waals surface area contributed by atoms with Crippen molar-refractivity contribution in [2.45, 2.75) is 12.0 Å². The lowest BCUT2D eigenvalue weighted by molar-refractivity contribution is 0.228. The number of halogens is 2. The summed E-state index contributed by atoms with van der Waals surface area (Å²) in [5.74, 6) is 0.0747. The van der Waals surface area contributed by atoms with Crippen LogP contribution in [0.1, 0.15) is 11.6 Å². The third-order valence-electron chi connectivity index (χ3n) is 4.15. The second-order valence-corrected chi connectivity index (χ2v) is 6.56. The van der Waals surface area contributed by atoms with Crippen molar-refractivity contribution in [3.05, 3.63) is 64.5 Å². The first-order valence-electron chi connectivity index (χ1n) is 7.59. The lowest BCUT2D eigenvalue weighted by Gasteiger charge is -2.16. The molecular formula is C18H13Cl2N3O2. The van der Waals surface area contributed by atoms with Gasteiger partial charge in [0.15, 0.2) is 0 Å². The molecule has 4 rings (SSSR count). The second-order valence-electron chi connectivity index (χ2n) is 5.72. The molecule has 0 aliphatic carbocycles. The molecule has 25 heavy (non-hydrogen) atoms. The zero-order valence-electron chi connectivity index (χ0n) is 12.8. The van der Waals surface area contributed by atoms with Gasteiger partial charge in [-0.25, -0.2) is 4.98 Å². The molecule has 0 bridgehead atoms. The van der Waals surface area contributed by atoms with E-state index in [1.54, 1.807) is 18.3 Å². The first kappa shape index (κ1) is 16.1. The van der Waals surface area contributed by atoms with Gasteiger partial charge in [0, 0.05) is 23.6 Å². The van der Waals surface area contributed by atoms with Crippen LogP contribution in [0, 0.1) is 0 Å². The molecule has 0 fully saturated rings. The Hall–Kier alpha value is -2.34. The number of pyridine rings is 1. The highest BCUT2D eigenvalue weighted by Crippen LogP contribution is 2.39. The molecule has 0 saturated carbocycles. The van der Waals surface area contributed by atoms with E-state index >= 15 is 0 Å². The third-order valence-corrected chi connectivity index (χ3v) is 4.65. The number of aliphatic hydroxyl groups is 1. The number of aliphatic hydroxyl groups excluding tert-OH is 1. The Morgan fingerprint density at radius 1 is 1.16 bits per heavy atom. The first-order chi connectivity index (χ1) is 12.1. The van der Waals surface area contributed by atoms with Gasteiger partial charge in [-0.05, 0) is 24.3 Å². The number of hydrogen-bond donors (Lipinski definition) is 2. The Morgan fingerprint density at radius 3 is 2.80 bits per heavy atom. The summed E-state index contributed by atoms with van der Waals surface area (Å²) >= 11 is 12.2. The molecule has 1 aromatic carbocycles. The lowest BCUT2D eigenvalue weighted by Crippen LogP contribution is -2.20. The van der Waals surface area contributed by atoms with Gasteiger partial charge in [-0.2, -0.15) is 0 Å². The van der Waals surface area contributed by atoms with Gasteiger partial charge in [-0.1, -0.05) is 35.3 Å². The number of fused-ring (bicyclic) bond motifs is 1. The van der Waals surface area contributed by atoms with Crippen LogP contribution in [0.25, 0.3) is 16.9 Å². The molecule has 2 atom stereocenters. The Labute approximate surface area is 153 Å². The van der Waals surface area contributed by atoms with Crippen LogP contribution in [-0.2, 0) is 0 Å². The standard InChI is InChI=1S/C18H13Cl2N3O2/c19-10-7-12(17(25)13(20)8-10)18-22-16(11-4-5-21-9-15(11)24)14-3-1-2-6-23(14)18/h1-9,11,15,24-25H. The predicted molar refractivity (Wildman–Crippen MR) is 98.7 cm³/mol. The normalized spacial score (nSPS) is 19.6. The number of phenols is 1. The van der Waals surface area contributed by atoms with Gasteiger partial charge in [0.25, 0.3) is 0 Å². The van der Waals surface area contributed by atoms with Gasteiger partial charge in [-0.3, -0.25) is 9.39 Å². The summed E-state index contributed by atoms with van der Waals surface area (Å²) in [4.78, 5) is 8.64. The largest absolute Gasteiger partial charge is 0.506 e. The zero-order chi connectivity index (χ0) is 17.6. The van der Waals surface area contributed by atoms with E-state index < -0.39 is 6.10 Å². The summed E-state index contributed by atoms with van der Waals surface area (Å²) in [6.45, 7) is 0. The van der Waals surface area contributed by atoms with Crippen LogP contribution in [0.15, 0.2) is 53.8 Å². The maximum atomic E-state index is 10.4. The van der Waals surface area contributed by atoms with Gasteiger partial charge in [0.2, 0.25) is 0 Å². The monoisotopic (exact) mass is 373 g/mol. The second kappa shape index (κ2) is 6.19. The van der Waals surface area contributed by atoms with Gasteiger partial charge in [0.05, 0.1) is 27.7 Å². The average molecular weight is 374 g/mol. The molecule has 1 aliphatic rings. The van der Waals surface area contributed by atoms with E-state index in [2.05, 4.69) is 9.98 Å². The molecule has 0 spiro atoms. The van der Waals surface area contributed by atoms with Crippen molar-refractivity contribution >= 4 is 34.9 Å². The summed E-state index contributed by atoms with van der Waals surface area (Å²) in [7, 11) is 0. The molecule has 3 aromatic rings. The van der Waals surface area contributed by atoms with E-state index in [4.69, 9.17) is 23.2 Å². The molecule has 0 amide bonds. The van der Waals surface area contributed by atoms with Crippen molar-refractivity contribution in [3.63, 3.8) is 0 Å². The number of aliphatic imine (C=N–C) groups is 1. The minimum Gasteiger partial charge on any atom is -0.506 e. The number of rotatable bonds is 2. The highest BCUT2D eigenvalue weighted by molar-refractivity contribution is 6.36. The van der Waals surface area contributed by atoms with Crippen molar-refractivity contribution in [1.82, 2.24) is 9.38 Å². The Balaban J connectivity index is 1.98. The lowest BCUT2D eigenvalue weighted by atomic mass is 9.97. The fraction of sp³-hybridized carbons (Fsp3) is 0.111. The number of aromatic hydroxyl groups is 1. The summed E-state index contributed by atoms with van der Waals surface area (Å²) < 4.78 is 1.84. The molecule has 0 radical (unpaired) electrons. The van der Waals surface area contributed by atoms with Crippen LogP contribution >= 0.6 is 23.2 Å². The molecule has 2 aromatic heterocycles. The van der Waals surface area contributed by atoms with Crippen molar-refractivity contribution in [2.24, 2.45) is 4.99 Å². The molecule has 7 heteroatoms. The van der Waals surface area contributed by atoms with E-state index in [1.807, 2.05) is 28.8 Å². The fourth-order valence-electron chi connectivity index (χ4n) is 2.97. The van der Waals surface area contributed by atoms with Crippen LogP contribution < -0.4 is 0 Å². The zero-order valence-corrected chi connectivity index (χ0v) is 14.4. The fourth-order valence-corrected chi connectivity index (χ4v) is 3.47. The number of nitrogens with zero attached hydrogens (tertiary/aromatic N) is 3. The quantitative estimate of drug-likeness (QED) is 0.711. The number of imidazole rings is 1. The smallest absolute Gasteiger partial charge is 0.148 e. The topological polar surface area (TPSA) is 70.1 Å². The molecule has 2 N–H and O–H groups in total. The third kappa shape index (κ3) is 2.70. The van der Waals surface area contributed by atoms with E-state index in [0.29, 0.717) is 22.1 Å². The SMILES string of the molecule is Oc1c(Cl)cc(Cl)cc1-c1nc(C2C=CN=CC2O)c2ccccn12. The molecule has 3 heterocycles. The molecule has 1 aliphatic heterocycles. The Kier molecular flexibility index (Phi) is 4.00. The highest BCUT2D eigenvalue weighted by Gasteiger charge is 2.26. The maximum absolute atomic E-state index is 10.4. The van der Waals surface area contributed by atoms with E-state index in [-0.39, 0.29) is 16.7 Å². The summed E-state index contributed by atoms with van der Waals surface area (Å²) in [5, 5.41) is 21.2. The average Bonchev–Trinajstić information content (AvgIpc) is 2.98. The summed E-state index contributed by atoms with van der Waals surface area (Å²) in [6, 6.07) is 8.74. The van der Waals surface area contributed by atoms with E-state index in [0.717, 1.165) is 5.52 Å². The van der Waals surface area contributed by atoms with Gasteiger partial charge in [-0.15, -0.1) is 0 Å². The molecular weight excluding hydrogens is 361 g/mol. The van der Waals surface area contributed by atoms with Crippen LogP contribution in [-0.4, -0.2) is 31.9 Å². The summed E-state index contributed by atoms with van der Waals surface area (Å²) in [6.07, 6.45) is 5.98. The number of benzene rings is 1. The van der Waals surface area contributed by atoms with Gasteiger partial charge in [0.1, 0.15) is 17.7 Å². The highest BCUT2D eigenvalue weighted by atomic mass is 35.5.